The summed E-state index contributed by atoms with van der Waals surface area (Å²) in [4.78, 5) is 29.1. The highest BCUT2D eigenvalue weighted by atomic mass is 32.2. The van der Waals surface area contributed by atoms with Gasteiger partial charge in [0.15, 0.2) is 0 Å². The molecule has 3 rings (SSSR count). The van der Waals surface area contributed by atoms with E-state index < -0.39 is 0 Å². The van der Waals surface area contributed by atoms with Crippen molar-refractivity contribution in [3.63, 3.8) is 0 Å². The number of likely N-dealkylation sites (tertiary alicyclic amines) is 1. The number of hydrogen-bond donors (Lipinski definition) is 1. The van der Waals surface area contributed by atoms with E-state index in [1.165, 1.54) is 0 Å². The van der Waals surface area contributed by atoms with E-state index in [1.807, 2.05) is 40.9 Å². The summed E-state index contributed by atoms with van der Waals surface area (Å²) in [6, 6.07) is 7.39. The largest absolute Gasteiger partial charge is 0.339 e. The van der Waals surface area contributed by atoms with Crippen LogP contribution in [0.2, 0.25) is 0 Å². The van der Waals surface area contributed by atoms with Crippen LogP contribution in [0.4, 0.5) is 10.5 Å². The molecule has 3 amide bonds. The van der Waals surface area contributed by atoms with Crippen molar-refractivity contribution in [2.24, 2.45) is 0 Å². The summed E-state index contributed by atoms with van der Waals surface area (Å²) in [5, 5.41) is 3.00. The zero-order chi connectivity index (χ0) is 16.9. The van der Waals surface area contributed by atoms with Crippen molar-refractivity contribution in [2.45, 2.75) is 32.2 Å². The second kappa shape index (κ2) is 7.92. The number of benzene rings is 1. The Morgan fingerprint density at radius 2 is 1.96 bits per heavy atom. The summed E-state index contributed by atoms with van der Waals surface area (Å²) in [7, 11) is 0. The van der Waals surface area contributed by atoms with Crippen molar-refractivity contribution in [3.8, 4) is 0 Å². The minimum Gasteiger partial charge on any atom is -0.339 e. The predicted molar refractivity (Wildman–Crippen MR) is 98.5 cm³/mol. The van der Waals surface area contributed by atoms with Crippen LogP contribution in [0.15, 0.2) is 24.3 Å². The smallest absolute Gasteiger partial charge is 0.322 e. The molecule has 0 saturated carbocycles. The molecule has 2 aliphatic rings. The van der Waals surface area contributed by atoms with Gasteiger partial charge in [0.25, 0.3) is 0 Å². The molecular weight excluding hydrogens is 322 g/mol. The fraction of sp³-hybridized carbons (Fsp3) is 0.556. The van der Waals surface area contributed by atoms with E-state index in [1.54, 1.807) is 4.90 Å². The molecule has 2 saturated heterocycles. The van der Waals surface area contributed by atoms with Gasteiger partial charge in [-0.2, -0.15) is 11.8 Å². The number of carbonyl (C=O) groups is 2. The summed E-state index contributed by atoms with van der Waals surface area (Å²) in [6.45, 7) is 4.32. The van der Waals surface area contributed by atoms with Gasteiger partial charge in [-0.05, 0) is 30.9 Å². The summed E-state index contributed by atoms with van der Waals surface area (Å²) < 4.78 is 0. The average Bonchev–Trinajstić information content (AvgIpc) is 3.12. The molecule has 2 aliphatic heterocycles. The first kappa shape index (κ1) is 17.1. The van der Waals surface area contributed by atoms with Crippen LogP contribution in [0.25, 0.3) is 0 Å². The van der Waals surface area contributed by atoms with Crippen LogP contribution in [0, 0.1) is 0 Å². The maximum Gasteiger partial charge on any atom is 0.322 e. The number of carbonyl (C=O) groups excluding carboxylic acids is 2. The van der Waals surface area contributed by atoms with Crippen molar-refractivity contribution in [1.82, 2.24) is 9.80 Å². The van der Waals surface area contributed by atoms with E-state index in [2.05, 4.69) is 12.2 Å². The molecule has 6 heteroatoms. The third-order valence-electron chi connectivity index (χ3n) is 4.76. The molecule has 130 valence electrons. The lowest BCUT2D eigenvalue weighted by Gasteiger charge is -2.32. The molecule has 0 unspecified atom stereocenters. The number of aryl methyl sites for hydroxylation is 1. The SMILES string of the molecule is CCc1ccccc1NC(=O)N1CCC[C@H]1C(=O)N1CCSCC1. The Balaban J connectivity index is 1.68. The van der Waals surface area contributed by atoms with Crippen molar-refractivity contribution in [2.75, 3.05) is 36.5 Å². The van der Waals surface area contributed by atoms with Crippen LogP contribution >= 0.6 is 11.8 Å². The van der Waals surface area contributed by atoms with E-state index in [4.69, 9.17) is 0 Å². The standard InChI is InChI=1S/C18H25N3O2S/c1-2-14-6-3-4-7-15(14)19-18(23)21-9-5-8-16(21)17(22)20-10-12-24-13-11-20/h3-4,6-7,16H,2,5,8-13H2,1H3,(H,19,23)/t16-/m0/s1. The molecule has 2 heterocycles. The number of urea groups is 1. The van der Waals surface area contributed by atoms with Gasteiger partial charge >= 0.3 is 6.03 Å². The molecule has 1 aromatic rings. The van der Waals surface area contributed by atoms with Crippen LogP contribution in [0.3, 0.4) is 0 Å². The van der Waals surface area contributed by atoms with Gasteiger partial charge in [0.05, 0.1) is 0 Å². The molecule has 1 atom stereocenters. The first-order valence-corrected chi connectivity index (χ1v) is 9.88. The van der Waals surface area contributed by atoms with E-state index in [9.17, 15) is 9.59 Å². The molecular formula is C18H25N3O2S. The summed E-state index contributed by atoms with van der Waals surface area (Å²) in [6.07, 6.45) is 2.53. The summed E-state index contributed by atoms with van der Waals surface area (Å²) in [5.74, 6) is 2.11. The van der Waals surface area contributed by atoms with Crippen molar-refractivity contribution in [3.05, 3.63) is 29.8 Å². The van der Waals surface area contributed by atoms with Crippen molar-refractivity contribution >= 4 is 29.4 Å². The van der Waals surface area contributed by atoms with Crippen LogP contribution in [0.1, 0.15) is 25.3 Å². The average molecular weight is 347 g/mol. The number of amides is 3. The van der Waals surface area contributed by atoms with Crippen LogP contribution in [0.5, 0.6) is 0 Å². The lowest BCUT2D eigenvalue weighted by Crippen LogP contribution is -2.51. The Hall–Kier alpha value is -1.69. The number of thioether (sulfide) groups is 1. The maximum atomic E-state index is 12.8. The van der Waals surface area contributed by atoms with Gasteiger partial charge in [0.2, 0.25) is 5.91 Å². The van der Waals surface area contributed by atoms with Gasteiger partial charge < -0.3 is 15.1 Å². The Morgan fingerprint density at radius 1 is 1.21 bits per heavy atom. The predicted octanol–water partition coefficient (Wildman–Crippen LogP) is 2.82. The van der Waals surface area contributed by atoms with Crippen molar-refractivity contribution < 1.29 is 9.59 Å². The highest BCUT2D eigenvalue weighted by Gasteiger charge is 2.37. The van der Waals surface area contributed by atoms with Crippen LogP contribution in [-0.2, 0) is 11.2 Å². The van der Waals surface area contributed by atoms with E-state index in [-0.39, 0.29) is 18.0 Å². The molecule has 1 N–H and O–H groups in total. The Bertz CT molecular complexity index is 602. The van der Waals surface area contributed by atoms with E-state index >= 15 is 0 Å². The molecule has 0 aromatic heterocycles. The van der Waals surface area contributed by atoms with Crippen molar-refractivity contribution in [1.29, 1.82) is 0 Å². The molecule has 5 nitrogen and oxygen atoms in total. The number of hydrogen-bond acceptors (Lipinski definition) is 3. The molecule has 0 radical (unpaired) electrons. The highest BCUT2D eigenvalue weighted by Crippen LogP contribution is 2.23. The molecule has 0 spiro atoms. The quantitative estimate of drug-likeness (QED) is 0.915. The normalized spacial score (nSPS) is 21.0. The number of para-hydroxylation sites is 1. The van der Waals surface area contributed by atoms with Gasteiger partial charge in [0, 0.05) is 36.8 Å². The van der Waals surface area contributed by atoms with Gasteiger partial charge in [-0.25, -0.2) is 4.79 Å². The number of anilines is 1. The fourth-order valence-electron chi connectivity index (χ4n) is 3.40. The van der Waals surface area contributed by atoms with Crippen LogP contribution in [-0.4, -0.2) is 58.9 Å². The molecule has 0 aliphatic carbocycles. The topological polar surface area (TPSA) is 52.7 Å². The van der Waals surface area contributed by atoms with E-state index in [0.717, 1.165) is 55.1 Å². The number of nitrogens with zero attached hydrogens (tertiary/aromatic N) is 2. The van der Waals surface area contributed by atoms with E-state index in [0.29, 0.717) is 6.54 Å². The molecule has 24 heavy (non-hydrogen) atoms. The number of nitrogens with one attached hydrogen (secondary N) is 1. The second-order valence-corrected chi connectivity index (χ2v) is 7.45. The highest BCUT2D eigenvalue weighted by molar-refractivity contribution is 7.99. The Labute approximate surface area is 147 Å². The summed E-state index contributed by atoms with van der Waals surface area (Å²) in [5.41, 5.74) is 1.96. The van der Waals surface area contributed by atoms with Gasteiger partial charge in [-0.15, -0.1) is 0 Å². The third-order valence-corrected chi connectivity index (χ3v) is 5.70. The Morgan fingerprint density at radius 3 is 2.71 bits per heavy atom. The minimum atomic E-state index is -0.304. The first-order valence-electron chi connectivity index (χ1n) is 8.72. The maximum absolute atomic E-state index is 12.8. The minimum absolute atomic E-state index is 0.117. The lowest BCUT2D eigenvalue weighted by molar-refractivity contribution is -0.134. The zero-order valence-corrected chi connectivity index (χ0v) is 15.0. The first-order chi connectivity index (χ1) is 11.7. The number of rotatable bonds is 3. The fourth-order valence-corrected chi connectivity index (χ4v) is 4.30. The second-order valence-electron chi connectivity index (χ2n) is 6.23. The summed E-state index contributed by atoms with van der Waals surface area (Å²) >= 11 is 1.88. The Kier molecular flexibility index (Phi) is 5.66. The molecule has 1 aromatic carbocycles. The lowest BCUT2D eigenvalue weighted by atomic mass is 10.1. The van der Waals surface area contributed by atoms with Gasteiger partial charge in [-0.1, -0.05) is 25.1 Å². The zero-order valence-electron chi connectivity index (χ0n) is 14.2. The van der Waals surface area contributed by atoms with Gasteiger partial charge in [0.1, 0.15) is 6.04 Å². The molecule has 2 fully saturated rings. The van der Waals surface area contributed by atoms with Gasteiger partial charge in [-0.3, -0.25) is 4.79 Å². The molecule has 0 bridgehead atoms. The monoisotopic (exact) mass is 347 g/mol. The van der Waals surface area contributed by atoms with Crippen LogP contribution < -0.4 is 5.32 Å². The third kappa shape index (κ3) is 3.69.